The highest BCUT2D eigenvalue weighted by molar-refractivity contribution is 5.92. The molecule has 1 amide bonds. The van der Waals surface area contributed by atoms with E-state index in [-0.39, 0.29) is 11.3 Å². The van der Waals surface area contributed by atoms with Crippen LogP contribution in [0.15, 0.2) is 23.1 Å². The van der Waals surface area contributed by atoms with Gasteiger partial charge in [0.2, 0.25) is 0 Å². The van der Waals surface area contributed by atoms with Crippen molar-refractivity contribution in [2.45, 2.75) is 25.7 Å². The highest BCUT2D eigenvalue weighted by atomic mass is 16.2. The van der Waals surface area contributed by atoms with Gasteiger partial charge in [-0.15, -0.1) is 0 Å². The average Bonchev–Trinajstić information content (AvgIpc) is 2.56. The van der Waals surface area contributed by atoms with Gasteiger partial charge in [0.25, 0.3) is 5.91 Å². The molecule has 1 aliphatic heterocycles. The first-order chi connectivity index (χ1) is 7.77. The Balaban J connectivity index is 2.14. The Labute approximate surface area is 94.3 Å². The molecule has 1 aliphatic rings. The van der Waals surface area contributed by atoms with Crippen LogP contribution < -0.4 is 5.43 Å². The first-order valence-electron chi connectivity index (χ1n) is 5.75. The summed E-state index contributed by atoms with van der Waals surface area (Å²) in [6, 6.07) is 2.78. The molecule has 1 N–H and O–H groups in total. The Morgan fingerprint density at radius 2 is 1.88 bits per heavy atom. The monoisotopic (exact) mass is 220 g/mol. The van der Waals surface area contributed by atoms with Crippen LogP contribution in [0.25, 0.3) is 0 Å². The molecule has 0 radical (unpaired) electrons. The molecule has 1 aromatic heterocycles. The number of hydrogen-bond donors (Lipinski definition) is 1. The lowest BCUT2D eigenvalue weighted by molar-refractivity contribution is 0.0755. The molecular weight excluding hydrogens is 204 g/mol. The third kappa shape index (κ3) is 2.51. The summed E-state index contributed by atoms with van der Waals surface area (Å²) in [6.07, 6.45) is 6.02. The molecule has 0 bridgehead atoms. The van der Waals surface area contributed by atoms with Gasteiger partial charge in [-0.2, -0.15) is 0 Å². The van der Waals surface area contributed by atoms with Crippen LogP contribution in [-0.2, 0) is 0 Å². The standard InChI is InChI=1S/C12H16N2O2/c15-10-5-6-13-11(9-10)12(16)14-7-3-1-2-4-8-14/h5-6,9H,1-4,7-8H2,(H,13,15). The van der Waals surface area contributed by atoms with Gasteiger partial charge in [0.15, 0.2) is 5.43 Å². The van der Waals surface area contributed by atoms with Gasteiger partial charge in [0.05, 0.1) is 0 Å². The minimum absolute atomic E-state index is 0.0559. The Morgan fingerprint density at radius 1 is 1.19 bits per heavy atom. The van der Waals surface area contributed by atoms with Gasteiger partial charge >= 0.3 is 0 Å². The van der Waals surface area contributed by atoms with Crippen molar-refractivity contribution in [3.05, 3.63) is 34.2 Å². The lowest BCUT2D eigenvalue weighted by Crippen LogP contribution is -2.32. The first-order valence-corrected chi connectivity index (χ1v) is 5.75. The zero-order valence-corrected chi connectivity index (χ0v) is 9.24. The molecule has 2 heterocycles. The summed E-state index contributed by atoms with van der Waals surface area (Å²) < 4.78 is 0. The number of carbonyl (C=O) groups excluding carboxylic acids is 1. The number of aromatic amines is 1. The van der Waals surface area contributed by atoms with Gasteiger partial charge < -0.3 is 9.88 Å². The minimum atomic E-state index is -0.128. The fraction of sp³-hybridized carbons (Fsp3) is 0.500. The molecule has 4 nitrogen and oxygen atoms in total. The average molecular weight is 220 g/mol. The summed E-state index contributed by atoms with van der Waals surface area (Å²) in [5, 5.41) is 0. The van der Waals surface area contributed by atoms with Crippen LogP contribution in [-0.4, -0.2) is 28.9 Å². The summed E-state index contributed by atoms with van der Waals surface area (Å²) in [5.41, 5.74) is 0.270. The molecule has 1 aromatic rings. The highest BCUT2D eigenvalue weighted by Crippen LogP contribution is 2.11. The molecule has 0 aliphatic carbocycles. The van der Waals surface area contributed by atoms with Gasteiger partial charge in [0.1, 0.15) is 5.69 Å². The number of nitrogens with one attached hydrogen (secondary N) is 1. The van der Waals surface area contributed by atoms with Crippen molar-refractivity contribution in [2.75, 3.05) is 13.1 Å². The number of aromatic nitrogens is 1. The molecule has 1 saturated heterocycles. The largest absolute Gasteiger partial charge is 0.357 e. The zero-order valence-electron chi connectivity index (χ0n) is 9.24. The topological polar surface area (TPSA) is 53.2 Å². The summed E-state index contributed by atoms with van der Waals surface area (Å²) in [4.78, 5) is 27.9. The second-order valence-corrected chi connectivity index (χ2v) is 4.14. The molecule has 0 saturated carbocycles. The van der Waals surface area contributed by atoms with Crippen LogP contribution in [0, 0.1) is 0 Å². The fourth-order valence-corrected chi connectivity index (χ4v) is 2.01. The fourth-order valence-electron chi connectivity index (χ4n) is 2.01. The molecule has 0 unspecified atom stereocenters. The van der Waals surface area contributed by atoms with Crippen LogP contribution in [0.2, 0.25) is 0 Å². The number of pyridine rings is 1. The van der Waals surface area contributed by atoms with Gasteiger partial charge in [0, 0.05) is 31.4 Å². The Morgan fingerprint density at radius 3 is 2.50 bits per heavy atom. The molecule has 86 valence electrons. The van der Waals surface area contributed by atoms with Crippen molar-refractivity contribution in [2.24, 2.45) is 0 Å². The number of carbonyl (C=O) groups is 1. The van der Waals surface area contributed by atoms with E-state index in [4.69, 9.17) is 0 Å². The number of H-pyrrole nitrogens is 1. The van der Waals surface area contributed by atoms with E-state index in [2.05, 4.69) is 4.98 Å². The molecule has 16 heavy (non-hydrogen) atoms. The third-order valence-electron chi connectivity index (χ3n) is 2.90. The number of rotatable bonds is 1. The van der Waals surface area contributed by atoms with E-state index in [9.17, 15) is 9.59 Å². The Kier molecular flexibility index (Phi) is 3.39. The quantitative estimate of drug-likeness (QED) is 0.777. The second kappa shape index (κ2) is 4.96. The number of nitrogens with zero attached hydrogens (tertiary/aromatic N) is 1. The van der Waals surface area contributed by atoms with Crippen molar-refractivity contribution in [3.63, 3.8) is 0 Å². The third-order valence-corrected chi connectivity index (χ3v) is 2.90. The van der Waals surface area contributed by atoms with E-state index in [1.54, 1.807) is 0 Å². The van der Waals surface area contributed by atoms with Crippen molar-refractivity contribution in [1.29, 1.82) is 0 Å². The van der Waals surface area contributed by atoms with Crippen molar-refractivity contribution < 1.29 is 4.79 Å². The van der Waals surface area contributed by atoms with E-state index >= 15 is 0 Å². The van der Waals surface area contributed by atoms with Crippen molar-refractivity contribution in [1.82, 2.24) is 9.88 Å². The lowest BCUT2D eigenvalue weighted by atomic mass is 10.2. The van der Waals surface area contributed by atoms with Gasteiger partial charge in [-0.3, -0.25) is 9.59 Å². The Hall–Kier alpha value is -1.58. The van der Waals surface area contributed by atoms with Crippen LogP contribution in [0.4, 0.5) is 0 Å². The maximum Gasteiger partial charge on any atom is 0.270 e. The van der Waals surface area contributed by atoms with E-state index in [1.807, 2.05) is 4.90 Å². The predicted molar refractivity (Wildman–Crippen MR) is 61.4 cm³/mol. The lowest BCUT2D eigenvalue weighted by Gasteiger charge is -2.19. The van der Waals surface area contributed by atoms with Gasteiger partial charge in [-0.1, -0.05) is 12.8 Å². The number of amides is 1. The van der Waals surface area contributed by atoms with Crippen LogP contribution in [0.1, 0.15) is 36.2 Å². The van der Waals surface area contributed by atoms with Crippen LogP contribution in [0.3, 0.4) is 0 Å². The van der Waals surface area contributed by atoms with Gasteiger partial charge in [-0.05, 0) is 12.8 Å². The number of likely N-dealkylation sites (tertiary alicyclic amines) is 1. The maximum absolute atomic E-state index is 12.1. The first kappa shape index (κ1) is 10.9. The summed E-state index contributed by atoms with van der Waals surface area (Å²) >= 11 is 0. The molecular formula is C12H16N2O2. The molecule has 1 fully saturated rings. The smallest absolute Gasteiger partial charge is 0.270 e. The maximum atomic E-state index is 12.1. The Bertz CT molecular complexity index is 417. The molecule has 2 rings (SSSR count). The van der Waals surface area contributed by atoms with Crippen molar-refractivity contribution in [3.8, 4) is 0 Å². The molecule has 4 heteroatoms. The molecule has 0 spiro atoms. The predicted octanol–water partition coefficient (Wildman–Crippen LogP) is 1.39. The molecule has 0 aromatic carbocycles. The van der Waals surface area contributed by atoms with E-state index < -0.39 is 0 Å². The number of hydrogen-bond acceptors (Lipinski definition) is 2. The summed E-state index contributed by atoms with van der Waals surface area (Å²) in [6.45, 7) is 1.60. The second-order valence-electron chi connectivity index (χ2n) is 4.14. The van der Waals surface area contributed by atoms with Crippen LogP contribution in [0.5, 0.6) is 0 Å². The van der Waals surface area contributed by atoms with E-state index in [0.717, 1.165) is 25.9 Å². The summed E-state index contributed by atoms with van der Waals surface area (Å²) in [5.74, 6) is -0.0559. The highest BCUT2D eigenvalue weighted by Gasteiger charge is 2.17. The van der Waals surface area contributed by atoms with Crippen molar-refractivity contribution >= 4 is 5.91 Å². The normalized spacial score (nSPS) is 16.9. The summed E-state index contributed by atoms with van der Waals surface area (Å²) in [7, 11) is 0. The minimum Gasteiger partial charge on any atom is -0.357 e. The SMILES string of the molecule is O=C(c1cc(=O)cc[nH]1)N1CCCCCC1. The van der Waals surface area contributed by atoms with Crippen LogP contribution >= 0.6 is 0 Å². The molecule has 0 atom stereocenters. The zero-order chi connectivity index (χ0) is 11.4. The van der Waals surface area contributed by atoms with E-state index in [0.29, 0.717) is 5.69 Å². The van der Waals surface area contributed by atoms with E-state index in [1.165, 1.54) is 31.2 Å². The van der Waals surface area contributed by atoms with Gasteiger partial charge in [-0.25, -0.2) is 0 Å².